The van der Waals surface area contributed by atoms with E-state index in [1.54, 1.807) is 38.4 Å². The Kier molecular flexibility index (Phi) is 7.27. The van der Waals surface area contributed by atoms with Crippen LogP contribution in [0.5, 0.6) is 0 Å². The number of halogens is 1. The number of nitrogens with one attached hydrogen (secondary N) is 2. The van der Waals surface area contributed by atoms with Crippen molar-refractivity contribution < 1.29 is 35.6 Å². The van der Waals surface area contributed by atoms with Crippen LogP contribution in [0.25, 0.3) is 22.2 Å². The molecule has 0 atom stereocenters. The molecule has 4 rings (SSSR count). The van der Waals surface area contributed by atoms with Gasteiger partial charge in [0.25, 0.3) is 5.91 Å². The lowest BCUT2D eigenvalue weighted by Crippen LogP contribution is -2.28. The van der Waals surface area contributed by atoms with Gasteiger partial charge in [0.05, 0.1) is 12.7 Å². The van der Waals surface area contributed by atoms with E-state index in [1.807, 2.05) is 18.2 Å². The quantitative estimate of drug-likeness (QED) is 0.406. The number of nitrogens with zero attached hydrogens (tertiary/aromatic N) is 1. The van der Waals surface area contributed by atoms with Crippen molar-refractivity contribution in [2.75, 3.05) is 12.4 Å². The molecule has 0 spiro atoms. The monoisotopic (exact) mass is 533 g/mol. The lowest BCUT2D eigenvalue weighted by Gasteiger charge is -2.30. The summed E-state index contributed by atoms with van der Waals surface area (Å²) < 4.78 is 53.2. The molecular weight excluding hydrogens is 505 g/mol. The molecule has 10 nitrogen and oxygen atoms in total. The highest BCUT2D eigenvalue weighted by molar-refractivity contribution is 7.81. The van der Waals surface area contributed by atoms with Gasteiger partial charge in [0.15, 0.2) is 0 Å². The molecule has 3 aromatic rings. The van der Waals surface area contributed by atoms with E-state index >= 15 is 0 Å². The maximum absolute atomic E-state index is 14.8. The zero-order chi connectivity index (χ0) is 27.0. The number of aromatic nitrogens is 1. The van der Waals surface area contributed by atoms with Crippen LogP contribution in [-0.4, -0.2) is 37.7 Å². The third-order valence-corrected chi connectivity index (χ3v) is 6.57. The normalized spacial score (nSPS) is 14.3. The Balaban J connectivity index is 1.66. The molecule has 1 aliphatic carbocycles. The lowest BCUT2D eigenvalue weighted by atomic mass is 9.92. The van der Waals surface area contributed by atoms with Crippen LogP contribution in [0.4, 0.5) is 14.9 Å². The summed E-state index contributed by atoms with van der Waals surface area (Å²) in [5.41, 5.74) is 3.53. The minimum Gasteiger partial charge on any atom is -0.444 e. The van der Waals surface area contributed by atoms with Crippen molar-refractivity contribution in [3.8, 4) is 11.3 Å². The molecule has 1 saturated carbocycles. The van der Waals surface area contributed by atoms with Crippen molar-refractivity contribution >= 4 is 39.0 Å². The van der Waals surface area contributed by atoms with Crippen LogP contribution in [-0.2, 0) is 23.6 Å². The fourth-order valence-corrected chi connectivity index (χ4v) is 4.25. The number of hydrogen-bond donors (Lipinski definition) is 2. The molecule has 12 heteroatoms. The molecule has 1 aromatic heterocycles. The summed E-state index contributed by atoms with van der Waals surface area (Å²) >= 11 is 0. The van der Waals surface area contributed by atoms with Crippen LogP contribution in [0.2, 0.25) is 0 Å². The van der Waals surface area contributed by atoms with Crippen molar-refractivity contribution in [2.24, 2.45) is 0 Å². The van der Waals surface area contributed by atoms with Crippen molar-refractivity contribution in [3.63, 3.8) is 0 Å². The third-order valence-electron chi connectivity index (χ3n) is 5.88. The first-order chi connectivity index (χ1) is 17.4. The van der Waals surface area contributed by atoms with E-state index in [0.29, 0.717) is 16.6 Å². The number of benzene rings is 2. The van der Waals surface area contributed by atoms with Crippen LogP contribution in [0.15, 0.2) is 42.5 Å². The number of hydroxylamine groups is 1. The second kappa shape index (κ2) is 10.1. The Morgan fingerprint density at radius 3 is 2.32 bits per heavy atom. The topological polar surface area (TPSA) is 125 Å². The summed E-state index contributed by atoms with van der Waals surface area (Å²) in [7, 11) is -3.58. The Morgan fingerprint density at radius 1 is 1.08 bits per heavy atom. The van der Waals surface area contributed by atoms with Gasteiger partial charge in [-0.2, -0.15) is 8.42 Å². The van der Waals surface area contributed by atoms with Gasteiger partial charge in [0.1, 0.15) is 11.4 Å². The Labute approximate surface area is 214 Å². The van der Waals surface area contributed by atoms with E-state index in [4.69, 9.17) is 4.74 Å². The van der Waals surface area contributed by atoms with E-state index in [-0.39, 0.29) is 11.6 Å². The summed E-state index contributed by atoms with van der Waals surface area (Å²) in [6, 6.07) is 11.8. The highest BCUT2D eigenvalue weighted by atomic mass is 32.3. The summed E-state index contributed by atoms with van der Waals surface area (Å²) in [4.78, 5) is 24.5. The number of ether oxygens (including phenoxy) is 1. The first kappa shape index (κ1) is 26.6. The number of fused-ring (bicyclic) bond motifs is 1. The highest BCUT2D eigenvalue weighted by Gasteiger charge is 2.26. The molecule has 198 valence electrons. The number of rotatable bonds is 7. The SMILES string of the molecule is COS(=O)(=O)ONC(=O)c1cc2c(cc1F)cc(-c1ccc(NC(=O)OC(C)(C)C)cc1)n2C1CCC1. The molecule has 0 radical (unpaired) electrons. The van der Waals surface area contributed by atoms with Gasteiger partial charge in [-0.15, -0.1) is 4.28 Å². The van der Waals surface area contributed by atoms with Crippen molar-refractivity contribution in [1.82, 2.24) is 10.0 Å². The predicted octanol–water partition coefficient (Wildman–Crippen LogP) is 5.07. The molecule has 2 N–H and O–H groups in total. The van der Waals surface area contributed by atoms with Crippen molar-refractivity contribution in [2.45, 2.75) is 51.7 Å². The van der Waals surface area contributed by atoms with Crippen molar-refractivity contribution in [1.29, 1.82) is 0 Å². The molecule has 1 fully saturated rings. The second-order valence-corrected chi connectivity index (χ2v) is 11.0. The lowest BCUT2D eigenvalue weighted by molar-refractivity contribution is 0.0635. The molecule has 0 unspecified atom stereocenters. The maximum atomic E-state index is 14.8. The van der Waals surface area contributed by atoms with Gasteiger partial charge < -0.3 is 9.30 Å². The van der Waals surface area contributed by atoms with Crippen LogP contribution >= 0.6 is 0 Å². The minimum atomic E-state index is -4.44. The van der Waals surface area contributed by atoms with E-state index in [1.165, 1.54) is 12.1 Å². The average Bonchev–Trinajstić information content (AvgIpc) is 3.12. The van der Waals surface area contributed by atoms with Crippen LogP contribution in [0, 0.1) is 5.82 Å². The molecule has 2 amide bonds. The first-order valence-corrected chi connectivity index (χ1v) is 12.9. The molecular formula is C25H28FN3O7S. The minimum absolute atomic E-state index is 0.151. The fraction of sp³-hybridized carbons (Fsp3) is 0.360. The molecule has 0 bridgehead atoms. The van der Waals surface area contributed by atoms with E-state index in [2.05, 4.69) is 18.4 Å². The van der Waals surface area contributed by atoms with Crippen LogP contribution in [0.1, 0.15) is 56.4 Å². The number of carbonyl (C=O) groups is 2. The Bertz CT molecular complexity index is 1440. The van der Waals surface area contributed by atoms with E-state index < -0.39 is 33.8 Å². The van der Waals surface area contributed by atoms with E-state index in [0.717, 1.165) is 37.6 Å². The summed E-state index contributed by atoms with van der Waals surface area (Å²) in [6.07, 6.45) is 2.32. The average molecular weight is 534 g/mol. The van der Waals surface area contributed by atoms with Crippen molar-refractivity contribution in [3.05, 3.63) is 53.8 Å². The molecule has 0 saturated heterocycles. The smallest absolute Gasteiger partial charge is 0.420 e. The number of anilines is 1. The number of hydrogen-bond acceptors (Lipinski definition) is 7. The van der Waals surface area contributed by atoms with Gasteiger partial charge in [0, 0.05) is 28.3 Å². The number of amides is 2. The standard InChI is InChI=1S/C25H28FN3O7S/c1-25(2,3)35-24(31)27-17-10-8-15(9-11-17)21-13-16-12-20(26)19(23(30)28-36-37(32,33)34-4)14-22(16)29(21)18-6-5-7-18/h8-14,18H,5-7H2,1-4H3,(H,27,31)(H,28,30). The summed E-state index contributed by atoms with van der Waals surface area (Å²) in [6.45, 7) is 5.34. The van der Waals surface area contributed by atoms with Gasteiger partial charge in [-0.25, -0.2) is 14.7 Å². The zero-order valence-corrected chi connectivity index (χ0v) is 21.6. The summed E-state index contributed by atoms with van der Waals surface area (Å²) in [5.74, 6) is -1.90. The van der Waals surface area contributed by atoms with Gasteiger partial charge in [-0.05, 0) is 75.9 Å². The Morgan fingerprint density at radius 2 is 1.76 bits per heavy atom. The highest BCUT2D eigenvalue weighted by Crippen LogP contribution is 2.40. The molecule has 0 aliphatic heterocycles. The largest absolute Gasteiger partial charge is 0.444 e. The molecule has 2 aromatic carbocycles. The molecule has 37 heavy (non-hydrogen) atoms. The van der Waals surface area contributed by atoms with E-state index in [9.17, 15) is 22.4 Å². The van der Waals surface area contributed by atoms with Gasteiger partial charge in [0.2, 0.25) is 0 Å². The Hall–Kier alpha value is -3.48. The first-order valence-electron chi connectivity index (χ1n) is 11.6. The predicted molar refractivity (Wildman–Crippen MR) is 135 cm³/mol. The fourth-order valence-electron chi connectivity index (χ4n) is 4.01. The zero-order valence-electron chi connectivity index (χ0n) is 20.8. The van der Waals surface area contributed by atoms with Gasteiger partial charge in [-0.1, -0.05) is 12.1 Å². The van der Waals surface area contributed by atoms with Gasteiger partial charge in [-0.3, -0.25) is 14.3 Å². The van der Waals surface area contributed by atoms with Crippen LogP contribution < -0.4 is 10.8 Å². The third kappa shape index (κ3) is 6.09. The second-order valence-electron chi connectivity index (χ2n) is 9.67. The van der Waals surface area contributed by atoms with Crippen LogP contribution in [0.3, 0.4) is 0 Å². The summed E-state index contributed by atoms with van der Waals surface area (Å²) in [5, 5.41) is 3.27. The van der Waals surface area contributed by atoms with Gasteiger partial charge >= 0.3 is 16.5 Å². The maximum Gasteiger partial charge on any atom is 0.420 e. The number of carbonyl (C=O) groups excluding carboxylic acids is 2. The molecule has 1 heterocycles. The molecule has 1 aliphatic rings.